The Morgan fingerprint density at radius 3 is 2.90 bits per heavy atom. The molecule has 8 nitrogen and oxygen atoms in total. The molecule has 1 heterocycles. The first kappa shape index (κ1) is 14.2. The zero-order chi connectivity index (χ0) is 14.7. The van der Waals surface area contributed by atoms with Crippen molar-refractivity contribution in [1.82, 2.24) is 4.98 Å². The Hall–Kier alpha value is -2.22. The highest BCUT2D eigenvalue weighted by Gasteiger charge is 2.26. The monoisotopic (exact) mass is 280 g/mol. The lowest BCUT2D eigenvalue weighted by molar-refractivity contribution is -0.385. The van der Waals surface area contributed by atoms with Crippen molar-refractivity contribution in [2.24, 2.45) is 5.73 Å². The van der Waals surface area contributed by atoms with Gasteiger partial charge in [0, 0.05) is 19.2 Å². The van der Waals surface area contributed by atoms with E-state index in [1.165, 1.54) is 0 Å². The van der Waals surface area contributed by atoms with Crippen molar-refractivity contribution in [3.63, 3.8) is 0 Å². The molecular formula is C12H16N4O4. The summed E-state index contributed by atoms with van der Waals surface area (Å²) in [6, 6.07) is 1.26. The molecule has 1 saturated carbocycles. The molecular weight excluding hydrogens is 264 g/mol. The van der Waals surface area contributed by atoms with E-state index in [0.29, 0.717) is 0 Å². The van der Waals surface area contributed by atoms with Gasteiger partial charge in [-0.3, -0.25) is 14.9 Å². The lowest BCUT2D eigenvalue weighted by Gasteiger charge is -2.15. The average molecular weight is 280 g/mol. The molecule has 0 aliphatic heterocycles. The molecule has 0 saturated heterocycles. The minimum absolute atomic E-state index is 0.0278. The number of nitrogens with two attached hydrogens (primary N) is 1. The van der Waals surface area contributed by atoms with Crippen molar-refractivity contribution in [3.05, 3.63) is 27.9 Å². The van der Waals surface area contributed by atoms with Gasteiger partial charge in [0.1, 0.15) is 12.0 Å². The van der Waals surface area contributed by atoms with Gasteiger partial charge in [-0.15, -0.1) is 0 Å². The van der Waals surface area contributed by atoms with Crippen molar-refractivity contribution < 1.29 is 14.5 Å². The Morgan fingerprint density at radius 1 is 1.60 bits per heavy atom. The van der Waals surface area contributed by atoms with Crippen LogP contribution in [0.2, 0.25) is 0 Å². The van der Waals surface area contributed by atoms with Crippen molar-refractivity contribution in [3.8, 4) is 0 Å². The molecule has 2 unspecified atom stereocenters. The van der Waals surface area contributed by atoms with Crippen LogP contribution in [0.3, 0.4) is 0 Å². The number of nitrogens with one attached hydrogen (secondary N) is 1. The Balaban J connectivity index is 2.19. The lowest BCUT2D eigenvalue weighted by atomic mass is 10.2. The van der Waals surface area contributed by atoms with Gasteiger partial charge in [-0.05, 0) is 19.3 Å². The summed E-state index contributed by atoms with van der Waals surface area (Å²) in [6.45, 7) is 0. The van der Waals surface area contributed by atoms with Crippen LogP contribution in [0.15, 0.2) is 12.3 Å². The van der Waals surface area contributed by atoms with Crippen LogP contribution in [-0.4, -0.2) is 35.1 Å². The van der Waals surface area contributed by atoms with E-state index in [-0.39, 0.29) is 29.2 Å². The summed E-state index contributed by atoms with van der Waals surface area (Å²) in [5.41, 5.74) is 5.01. The summed E-state index contributed by atoms with van der Waals surface area (Å²) < 4.78 is 5.27. The zero-order valence-corrected chi connectivity index (χ0v) is 11.0. The minimum atomic E-state index is -0.745. The smallest absolute Gasteiger partial charge is 0.288 e. The van der Waals surface area contributed by atoms with Crippen LogP contribution in [0.4, 0.5) is 11.5 Å². The topological polar surface area (TPSA) is 120 Å². The molecule has 1 amide bonds. The number of methoxy groups -OCH3 is 1. The quantitative estimate of drug-likeness (QED) is 0.614. The van der Waals surface area contributed by atoms with Crippen molar-refractivity contribution in [2.45, 2.75) is 31.4 Å². The van der Waals surface area contributed by atoms with E-state index >= 15 is 0 Å². The molecule has 108 valence electrons. The second-order valence-electron chi connectivity index (χ2n) is 4.72. The number of carbonyl (C=O) groups is 1. The van der Waals surface area contributed by atoms with Crippen molar-refractivity contribution >= 4 is 17.4 Å². The van der Waals surface area contributed by atoms with Gasteiger partial charge >= 0.3 is 0 Å². The Kier molecular flexibility index (Phi) is 4.14. The van der Waals surface area contributed by atoms with Gasteiger partial charge in [0.2, 0.25) is 0 Å². The number of anilines is 1. The van der Waals surface area contributed by atoms with Crippen molar-refractivity contribution in [1.29, 1.82) is 0 Å². The number of pyridine rings is 1. The van der Waals surface area contributed by atoms with E-state index in [4.69, 9.17) is 10.5 Å². The van der Waals surface area contributed by atoms with Gasteiger partial charge in [-0.25, -0.2) is 4.98 Å². The molecule has 1 aliphatic carbocycles. The molecule has 0 radical (unpaired) electrons. The highest BCUT2D eigenvalue weighted by atomic mass is 16.6. The van der Waals surface area contributed by atoms with Crippen LogP contribution in [0.5, 0.6) is 0 Å². The van der Waals surface area contributed by atoms with Crippen LogP contribution >= 0.6 is 0 Å². The van der Waals surface area contributed by atoms with Gasteiger partial charge in [-0.2, -0.15) is 0 Å². The molecule has 1 aliphatic rings. The molecule has 1 aromatic rings. The Morgan fingerprint density at radius 2 is 2.35 bits per heavy atom. The minimum Gasteiger partial charge on any atom is -0.381 e. The second-order valence-corrected chi connectivity index (χ2v) is 4.72. The van der Waals surface area contributed by atoms with E-state index in [1.54, 1.807) is 7.11 Å². The predicted octanol–water partition coefficient (Wildman–Crippen LogP) is 1.07. The number of hydrogen-bond donors (Lipinski definition) is 2. The van der Waals surface area contributed by atoms with Gasteiger partial charge < -0.3 is 15.8 Å². The van der Waals surface area contributed by atoms with Gasteiger partial charge in [0.05, 0.1) is 16.6 Å². The number of primary amides is 1. The Labute approximate surface area is 115 Å². The van der Waals surface area contributed by atoms with E-state index in [0.717, 1.165) is 31.5 Å². The average Bonchev–Trinajstić information content (AvgIpc) is 2.86. The molecule has 3 N–H and O–H groups in total. The zero-order valence-electron chi connectivity index (χ0n) is 11.0. The molecule has 0 aromatic carbocycles. The molecule has 8 heteroatoms. The van der Waals surface area contributed by atoms with E-state index in [1.807, 2.05) is 0 Å². The first-order valence-corrected chi connectivity index (χ1v) is 6.25. The number of nitro groups is 1. The van der Waals surface area contributed by atoms with E-state index in [9.17, 15) is 14.9 Å². The van der Waals surface area contributed by atoms with E-state index in [2.05, 4.69) is 10.3 Å². The van der Waals surface area contributed by atoms with Crippen LogP contribution in [0.25, 0.3) is 0 Å². The molecule has 20 heavy (non-hydrogen) atoms. The normalized spacial score (nSPS) is 21.6. The fraction of sp³-hybridized carbons (Fsp3) is 0.500. The molecule has 1 fully saturated rings. The molecule has 0 bridgehead atoms. The van der Waals surface area contributed by atoms with Gasteiger partial charge in [0.15, 0.2) is 0 Å². The number of carbonyl (C=O) groups excluding carboxylic acids is 1. The fourth-order valence-corrected chi connectivity index (χ4v) is 2.34. The maximum absolute atomic E-state index is 11.4. The fourth-order valence-electron chi connectivity index (χ4n) is 2.34. The third kappa shape index (κ3) is 3.02. The predicted molar refractivity (Wildman–Crippen MR) is 71.5 cm³/mol. The summed E-state index contributed by atoms with van der Waals surface area (Å²) >= 11 is 0. The molecule has 2 rings (SSSR count). The van der Waals surface area contributed by atoms with Gasteiger partial charge in [-0.1, -0.05) is 0 Å². The molecule has 2 atom stereocenters. The summed E-state index contributed by atoms with van der Waals surface area (Å²) in [5.74, 6) is -0.463. The number of ether oxygens (including phenoxy) is 1. The lowest BCUT2D eigenvalue weighted by Crippen LogP contribution is -2.22. The molecule has 0 spiro atoms. The van der Waals surface area contributed by atoms with Crippen LogP contribution in [0, 0.1) is 10.1 Å². The first-order valence-electron chi connectivity index (χ1n) is 6.25. The summed E-state index contributed by atoms with van der Waals surface area (Å²) in [6.07, 6.45) is 3.90. The number of hydrogen-bond acceptors (Lipinski definition) is 6. The van der Waals surface area contributed by atoms with E-state index < -0.39 is 10.8 Å². The highest BCUT2D eigenvalue weighted by molar-refractivity contribution is 5.98. The number of aromatic nitrogens is 1. The van der Waals surface area contributed by atoms with Crippen LogP contribution in [-0.2, 0) is 4.74 Å². The summed E-state index contributed by atoms with van der Waals surface area (Å²) in [4.78, 5) is 25.4. The Bertz CT molecular complexity index is 534. The largest absolute Gasteiger partial charge is 0.381 e. The van der Waals surface area contributed by atoms with Gasteiger partial charge in [0.25, 0.3) is 11.6 Å². The second kappa shape index (κ2) is 5.83. The maximum Gasteiger partial charge on any atom is 0.288 e. The highest BCUT2D eigenvalue weighted by Crippen LogP contribution is 2.26. The first-order chi connectivity index (χ1) is 9.51. The third-order valence-corrected chi connectivity index (χ3v) is 3.41. The standard InChI is InChI=1S/C12H16N4O4/c1-20-9-3-2-7(4-9)15-12-10(11(13)17)5-8(6-14-12)16(18)19/h5-7,9H,2-4H2,1H3,(H2,13,17)(H,14,15). The SMILES string of the molecule is COC1CCC(Nc2ncc([N+](=O)[O-])cc2C(N)=O)C1. The van der Waals surface area contributed by atoms with Crippen LogP contribution < -0.4 is 11.1 Å². The third-order valence-electron chi connectivity index (χ3n) is 3.41. The van der Waals surface area contributed by atoms with Crippen molar-refractivity contribution in [2.75, 3.05) is 12.4 Å². The number of rotatable bonds is 5. The van der Waals surface area contributed by atoms with Crippen LogP contribution in [0.1, 0.15) is 29.6 Å². The summed E-state index contributed by atoms with van der Waals surface area (Å²) in [5, 5.41) is 13.8. The summed E-state index contributed by atoms with van der Waals surface area (Å²) in [7, 11) is 1.66. The molecule has 1 aromatic heterocycles. The number of nitrogens with zero attached hydrogens (tertiary/aromatic N) is 2. The maximum atomic E-state index is 11.4. The number of amides is 1.